The van der Waals surface area contributed by atoms with Gasteiger partial charge in [-0.25, -0.2) is 0 Å². The van der Waals surface area contributed by atoms with E-state index in [1.54, 1.807) is 0 Å². The van der Waals surface area contributed by atoms with E-state index in [1.165, 1.54) is 19.3 Å². The molecule has 0 bridgehead atoms. The van der Waals surface area contributed by atoms with Gasteiger partial charge in [0.25, 0.3) is 5.91 Å². The predicted molar refractivity (Wildman–Crippen MR) is 85.2 cm³/mol. The lowest BCUT2D eigenvalue weighted by molar-refractivity contribution is 0.0755. The van der Waals surface area contributed by atoms with E-state index in [9.17, 15) is 4.79 Å². The summed E-state index contributed by atoms with van der Waals surface area (Å²) in [5.41, 5.74) is 7.86. The fourth-order valence-corrected chi connectivity index (χ4v) is 3.18. The van der Waals surface area contributed by atoms with Crippen molar-refractivity contribution in [3.63, 3.8) is 0 Å². The molecule has 1 aromatic rings. The lowest BCUT2D eigenvalue weighted by Gasteiger charge is -2.20. The standard InChI is InChI=1S/C16H28N4O/c1-4-6-12-7-5-9-20(10-8-12)16(21)15-13(17)14(11(2)3)18-19-15/h11-12H,4-10,17H2,1-3H3,(H,18,19). The third-order valence-corrected chi connectivity index (χ3v) is 4.45. The number of hydrogen-bond donors (Lipinski definition) is 2. The second kappa shape index (κ2) is 6.96. The first-order valence-corrected chi connectivity index (χ1v) is 8.17. The SMILES string of the molecule is CCCC1CCCN(C(=O)c2n[nH]c(C(C)C)c2N)CC1. The lowest BCUT2D eigenvalue weighted by Crippen LogP contribution is -2.32. The maximum Gasteiger partial charge on any atom is 0.276 e. The van der Waals surface area contributed by atoms with Crippen LogP contribution in [-0.2, 0) is 0 Å². The molecule has 0 aromatic carbocycles. The maximum atomic E-state index is 12.6. The third-order valence-electron chi connectivity index (χ3n) is 4.45. The van der Waals surface area contributed by atoms with Crippen molar-refractivity contribution in [1.29, 1.82) is 0 Å². The van der Waals surface area contributed by atoms with Gasteiger partial charge in [-0.3, -0.25) is 9.89 Å². The summed E-state index contributed by atoms with van der Waals surface area (Å²) in [6.07, 6.45) is 5.90. The Balaban J connectivity index is 2.06. The number of carbonyl (C=O) groups is 1. The molecule has 0 spiro atoms. The van der Waals surface area contributed by atoms with Gasteiger partial charge < -0.3 is 10.6 Å². The zero-order chi connectivity index (χ0) is 15.4. The van der Waals surface area contributed by atoms with E-state index in [4.69, 9.17) is 5.73 Å². The summed E-state index contributed by atoms with van der Waals surface area (Å²) in [5.74, 6) is 0.987. The molecule has 0 radical (unpaired) electrons. The lowest BCUT2D eigenvalue weighted by atomic mass is 9.96. The second-order valence-corrected chi connectivity index (χ2v) is 6.43. The van der Waals surface area contributed by atoms with E-state index in [0.717, 1.165) is 37.5 Å². The number of nitrogens with one attached hydrogen (secondary N) is 1. The van der Waals surface area contributed by atoms with Crippen molar-refractivity contribution in [1.82, 2.24) is 15.1 Å². The Bertz CT molecular complexity index is 481. The van der Waals surface area contributed by atoms with Crippen molar-refractivity contribution in [3.05, 3.63) is 11.4 Å². The predicted octanol–water partition coefficient (Wildman–Crippen LogP) is 3.16. The van der Waals surface area contributed by atoms with Gasteiger partial charge in [0.05, 0.1) is 11.4 Å². The second-order valence-electron chi connectivity index (χ2n) is 6.43. The van der Waals surface area contributed by atoms with Crippen LogP contribution in [-0.4, -0.2) is 34.1 Å². The molecule has 1 amide bonds. The molecule has 1 atom stereocenters. The molecule has 0 saturated carbocycles. The Labute approximate surface area is 127 Å². The Morgan fingerprint density at radius 3 is 2.81 bits per heavy atom. The van der Waals surface area contributed by atoms with Gasteiger partial charge in [-0.05, 0) is 31.1 Å². The van der Waals surface area contributed by atoms with Crippen molar-refractivity contribution in [2.24, 2.45) is 5.92 Å². The van der Waals surface area contributed by atoms with Crippen LogP contribution >= 0.6 is 0 Å². The number of carbonyl (C=O) groups excluding carboxylic acids is 1. The topological polar surface area (TPSA) is 75.0 Å². The van der Waals surface area contributed by atoms with Crippen molar-refractivity contribution in [2.75, 3.05) is 18.8 Å². The number of nitrogens with zero attached hydrogens (tertiary/aromatic N) is 2. The Morgan fingerprint density at radius 2 is 2.19 bits per heavy atom. The van der Waals surface area contributed by atoms with Gasteiger partial charge in [0, 0.05) is 13.1 Å². The Kier molecular flexibility index (Phi) is 5.26. The number of likely N-dealkylation sites (tertiary alicyclic amines) is 1. The number of amides is 1. The number of aromatic amines is 1. The minimum atomic E-state index is -0.0206. The van der Waals surface area contributed by atoms with Gasteiger partial charge in [-0.2, -0.15) is 5.10 Å². The molecule has 1 aliphatic rings. The van der Waals surface area contributed by atoms with Crippen molar-refractivity contribution in [3.8, 4) is 0 Å². The summed E-state index contributed by atoms with van der Waals surface area (Å²) >= 11 is 0. The van der Waals surface area contributed by atoms with Crippen LogP contribution in [0, 0.1) is 5.92 Å². The molecule has 1 aliphatic heterocycles. The van der Waals surface area contributed by atoms with Crippen LogP contribution in [0.25, 0.3) is 0 Å². The monoisotopic (exact) mass is 292 g/mol. The van der Waals surface area contributed by atoms with Crippen LogP contribution in [0.15, 0.2) is 0 Å². The first-order valence-electron chi connectivity index (χ1n) is 8.17. The molecular weight excluding hydrogens is 264 g/mol. The molecule has 2 rings (SSSR count). The van der Waals surface area contributed by atoms with Crippen molar-refractivity contribution in [2.45, 2.75) is 58.8 Å². The van der Waals surface area contributed by atoms with Gasteiger partial charge in [0.1, 0.15) is 0 Å². The van der Waals surface area contributed by atoms with Crippen LogP contribution in [0.4, 0.5) is 5.69 Å². The summed E-state index contributed by atoms with van der Waals surface area (Å²) in [4.78, 5) is 14.6. The first-order chi connectivity index (χ1) is 10.0. The highest BCUT2D eigenvalue weighted by Gasteiger charge is 2.26. The van der Waals surface area contributed by atoms with Crippen molar-refractivity contribution >= 4 is 11.6 Å². The van der Waals surface area contributed by atoms with E-state index in [1.807, 2.05) is 18.7 Å². The number of nitrogens with two attached hydrogens (primary N) is 1. The highest BCUT2D eigenvalue weighted by atomic mass is 16.2. The molecule has 0 aliphatic carbocycles. The molecule has 1 aromatic heterocycles. The first kappa shape index (κ1) is 15.9. The van der Waals surface area contributed by atoms with Crippen LogP contribution in [0.2, 0.25) is 0 Å². The van der Waals surface area contributed by atoms with E-state index in [0.29, 0.717) is 11.4 Å². The minimum absolute atomic E-state index is 0.0206. The van der Waals surface area contributed by atoms with Gasteiger partial charge in [-0.1, -0.05) is 33.6 Å². The zero-order valence-electron chi connectivity index (χ0n) is 13.5. The number of anilines is 1. The van der Waals surface area contributed by atoms with Gasteiger partial charge in [-0.15, -0.1) is 0 Å². The van der Waals surface area contributed by atoms with E-state index >= 15 is 0 Å². The number of aromatic nitrogens is 2. The van der Waals surface area contributed by atoms with Crippen LogP contribution in [0.3, 0.4) is 0 Å². The van der Waals surface area contributed by atoms with E-state index < -0.39 is 0 Å². The van der Waals surface area contributed by atoms with Crippen molar-refractivity contribution < 1.29 is 4.79 Å². The van der Waals surface area contributed by atoms with Gasteiger partial charge in [0.2, 0.25) is 0 Å². The molecule has 5 heteroatoms. The molecule has 5 nitrogen and oxygen atoms in total. The van der Waals surface area contributed by atoms with E-state index in [-0.39, 0.29) is 11.8 Å². The molecule has 118 valence electrons. The van der Waals surface area contributed by atoms with Crippen LogP contribution in [0.5, 0.6) is 0 Å². The zero-order valence-corrected chi connectivity index (χ0v) is 13.5. The molecule has 1 fully saturated rings. The smallest absolute Gasteiger partial charge is 0.276 e. The summed E-state index contributed by atoms with van der Waals surface area (Å²) in [7, 11) is 0. The largest absolute Gasteiger partial charge is 0.395 e. The molecule has 2 heterocycles. The number of rotatable bonds is 4. The molecular formula is C16H28N4O. The number of H-pyrrole nitrogens is 1. The Morgan fingerprint density at radius 1 is 1.43 bits per heavy atom. The summed E-state index contributed by atoms with van der Waals surface area (Å²) < 4.78 is 0. The average molecular weight is 292 g/mol. The van der Waals surface area contributed by atoms with Crippen LogP contribution in [0.1, 0.15) is 75.0 Å². The van der Waals surface area contributed by atoms with E-state index in [2.05, 4.69) is 17.1 Å². The molecule has 21 heavy (non-hydrogen) atoms. The Hall–Kier alpha value is -1.52. The average Bonchev–Trinajstić information content (AvgIpc) is 2.68. The fourth-order valence-electron chi connectivity index (χ4n) is 3.18. The molecule has 3 N–H and O–H groups in total. The summed E-state index contributed by atoms with van der Waals surface area (Å²) in [6.45, 7) is 7.96. The quantitative estimate of drug-likeness (QED) is 0.895. The molecule has 1 unspecified atom stereocenters. The molecule has 1 saturated heterocycles. The highest BCUT2D eigenvalue weighted by Crippen LogP contribution is 2.26. The highest BCUT2D eigenvalue weighted by molar-refractivity contribution is 5.97. The van der Waals surface area contributed by atoms with Crippen LogP contribution < -0.4 is 5.73 Å². The normalized spacial score (nSPS) is 19.8. The van der Waals surface area contributed by atoms with Gasteiger partial charge in [0.15, 0.2) is 5.69 Å². The number of hydrogen-bond acceptors (Lipinski definition) is 3. The third kappa shape index (κ3) is 3.57. The van der Waals surface area contributed by atoms with Gasteiger partial charge >= 0.3 is 0 Å². The maximum absolute atomic E-state index is 12.6. The number of nitrogen functional groups attached to an aromatic ring is 1. The minimum Gasteiger partial charge on any atom is -0.395 e. The fraction of sp³-hybridized carbons (Fsp3) is 0.750. The summed E-state index contributed by atoms with van der Waals surface area (Å²) in [6, 6.07) is 0. The summed E-state index contributed by atoms with van der Waals surface area (Å²) in [5, 5.41) is 7.07.